The van der Waals surface area contributed by atoms with Crippen LogP contribution in [-0.2, 0) is 0 Å². The van der Waals surface area contributed by atoms with E-state index in [1.54, 1.807) is 0 Å². The van der Waals surface area contributed by atoms with E-state index < -0.39 is 0 Å². The van der Waals surface area contributed by atoms with Gasteiger partial charge in [-0.05, 0) is 13.0 Å². The van der Waals surface area contributed by atoms with Crippen LogP contribution in [-0.4, -0.2) is 25.3 Å². The molecule has 51 valence electrons. The molecule has 2 heterocycles. The van der Waals surface area contributed by atoms with Gasteiger partial charge in [0.1, 0.15) is 0 Å². The second-order valence-corrected chi connectivity index (χ2v) is 2.63. The summed E-state index contributed by atoms with van der Waals surface area (Å²) in [5, 5.41) is 9.93. The summed E-state index contributed by atoms with van der Waals surface area (Å²) in [6.07, 6.45) is 1.24. The molecule has 2 aliphatic heterocycles. The van der Waals surface area contributed by atoms with E-state index in [-0.39, 0.29) is 0 Å². The monoisotopic (exact) mass is 126 g/mol. The zero-order valence-electron chi connectivity index (χ0n) is 5.35. The van der Waals surface area contributed by atoms with Gasteiger partial charge in [-0.3, -0.25) is 5.32 Å². The summed E-state index contributed by atoms with van der Waals surface area (Å²) in [6.45, 7) is 4.23. The zero-order chi connectivity index (χ0) is 6.10. The largest absolute Gasteiger partial charge is 0.311 e. The molecular weight excluding hydrogens is 114 g/mol. The van der Waals surface area contributed by atoms with Gasteiger partial charge in [0.25, 0.3) is 0 Å². The summed E-state index contributed by atoms with van der Waals surface area (Å²) in [6, 6.07) is 1.25. The smallest absolute Gasteiger partial charge is 0.0460 e. The number of fused-ring (bicyclic) bond motifs is 1. The van der Waals surface area contributed by atoms with E-state index in [4.69, 9.17) is 0 Å². The Morgan fingerprint density at radius 2 is 2.33 bits per heavy atom. The van der Waals surface area contributed by atoms with Crippen molar-refractivity contribution in [2.45, 2.75) is 18.5 Å². The van der Waals surface area contributed by atoms with E-state index in [1.165, 1.54) is 6.42 Å². The molecule has 3 nitrogen and oxygen atoms in total. The fourth-order valence-electron chi connectivity index (χ4n) is 1.48. The first-order valence-electron chi connectivity index (χ1n) is 3.50. The second-order valence-electron chi connectivity index (χ2n) is 2.63. The lowest BCUT2D eigenvalue weighted by Gasteiger charge is -2.24. The van der Waals surface area contributed by atoms with Crippen molar-refractivity contribution >= 4 is 0 Å². The predicted octanol–water partition coefficient (Wildman–Crippen LogP) is -0.971. The summed E-state index contributed by atoms with van der Waals surface area (Å²) in [5.41, 5.74) is 0. The van der Waals surface area contributed by atoms with Crippen LogP contribution in [0.3, 0.4) is 0 Å². The molecule has 0 saturated carbocycles. The van der Waals surface area contributed by atoms with E-state index in [2.05, 4.69) is 22.5 Å². The first-order chi connectivity index (χ1) is 4.47. The highest BCUT2D eigenvalue weighted by atomic mass is 15.2. The van der Waals surface area contributed by atoms with Gasteiger partial charge in [0, 0.05) is 25.3 Å². The molecule has 1 radical (unpaired) electrons. The molecule has 3 N–H and O–H groups in total. The Hall–Kier alpha value is -0.120. The van der Waals surface area contributed by atoms with Gasteiger partial charge in [-0.1, -0.05) is 0 Å². The third-order valence-electron chi connectivity index (χ3n) is 2.03. The molecule has 0 aromatic carbocycles. The summed E-state index contributed by atoms with van der Waals surface area (Å²) < 4.78 is 0. The third-order valence-corrected chi connectivity index (χ3v) is 2.03. The maximum absolute atomic E-state index is 3.38. The van der Waals surface area contributed by atoms with E-state index in [0.29, 0.717) is 12.1 Å². The fraction of sp³-hybridized carbons (Fsp3) is 0.833. The highest BCUT2D eigenvalue weighted by Crippen LogP contribution is 2.09. The molecule has 0 aromatic heterocycles. The van der Waals surface area contributed by atoms with Crippen molar-refractivity contribution in [3.05, 3.63) is 6.54 Å². The highest BCUT2D eigenvalue weighted by Gasteiger charge is 2.28. The topological polar surface area (TPSA) is 36.1 Å². The maximum atomic E-state index is 3.38. The molecule has 2 atom stereocenters. The molecular formula is C6H12N3. The molecule has 9 heavy (non-hydrogen) atoms. The molecule has 0 aliphatic carbocycles. The number of hydrogen-bond acceptors (Lipinski definition) is 3. The number of piperidine rings is 1. The van der Waals surface area contributed by atoms with Crippen LogP contribution >= 0.6 is 0 Å². The lowest BCUT2D eigenvalue weighted by atomic mass is 10.0. The number of rotatable bonds is 0. The summed E-state index contributed by atoms with van der Waals surface area (Å²) in [4.78, 5) is 0. The van der Waals surface area contributed by atoms with Crippen molar-refractivity contribution in [1.82, 2.24) is 16.0 Å². The van der Waals surface area contributed by atoms with Crippen molar-refractivity contribution in [2.24, 2.45) is 0 Å². The van der Waals surface area contributed by atoms with Crippen molar-refractivity contribution in [3.63, 3.8) is 0 Å². The Balaban J connectivity index is 1.97. The minimum absolute atomic E-state index is 0.568. The van der Waals surface area contributed by atoms with E-state index in [0.717, 1.165) is 13.2 Å². The molecule has 0 spiro atoms. The van der Waals surface area contributed by atoms with Crippen LogP contribution in [0.1, 0.15) is 6.42 Å². The van der Waals surface area contributed by atoms with Gasteiger partial charge in [-0.25, -0.2) is 0 Å². The quantitative estimate of drug-likeness (QED) is 0.391. The van der Waals surface area contributed by atoms with Crippen LogP contribution in [0, 0.1) is 6.54 Å². The van der Waals surface area contributed by atoms with Crippen LogP contribution in [0.4, 0.5) is 0 Å². The highest BCUT2D eigenvalue weighted by molar-refractivity contribution is 4.99. The molecule has 0 amide bonds. The van der Waals surface area contributed by atoms with E-state index in [9.17, 15) is 0 Å². The number of hydrogen-bond donors (Lipinski definition) is 3. The van der Waals surface area contributed by atoms with E-state index in [1.807, 2.05) is 0 Å². The Kier molecular flexibility index (Phi) is 1.41. The Labute approximate surface area is 55.2 Å². The second kappa shape index (κ2) is 2.25. The minimum atomic E-state index is 0.568. The van der Waals surface area contributed by atoms with Crippen LogP contribution in [0.5, 0.6) is 0 Å². The Bertz CT molecular complexity index is 92.5. The van der Waals surface area contributed by atoms with E-state index >= 15 is 0 Å². The van der Waals surface area contributed by atoms with Gasteiger partial charge in [-0.2, -0.15) is 0 Å². The van der Waals surface area contributed by atoms with Crippen molar-refractivity contribution < 1.29 is 0 Å². The molecule has 0 bridgehead atoms. The third kappa shape index (κ3) is 0.956. The molecule has 2 rings (SSSR count). The summed E-state index contributed by atoms with van der Waals surface area (Å²) in [7, 11) is 0. The van der Waals surface area contributed by atoms with Gasteiger partial charge < -0.3 is 10.6 Å². The van der Waals surface area contributed by atoms with Crippen molar-refractivity contribution in [2.75, 3.05) is 13.2 Å². The summed E-state index contributed by atoms with van der Waals surface area (Å²) >= 11 is 0. The van der Waals surface area contributed by atoms with Crippen molar-refractivity contribution in [3.8, 4) is 0 Å². The van der Waals surface area contributed by atoms with Gasteiger partial charge in [-0.15, -0.1) is 0 Å². The van der Waals surface area contributed by atoms with Gasteiger partial charge in [0.2, 0.25) is 0 Å². The lowest BCUT2D eigenvalue weighted by molar-refractivity contribution is 0.437. The number of nitrogens with one attached hydrogen (secondary N) is 3. The van der Waals surface area contributed by atoms with Crippen LogP contribution in [0.25, 0.3) is 0 Å². The van der Waals surface area contributed by atoms with Crippen LogP contribution in [0.15, 0.2) is 0 Å². The fourth-order valence-corrected chi connectivity index (χ4v) is 1.48. The Morgan fingerprint density at radius 3 is 3.22 bits per heavy atom. The molecule has 2 aliphatic rings. The SMILES string of the molecule is [CH]1NCCC2NCNC12. The van der Waals surface area contributed by atoms with Gasteiger partial charge in [0.05, 0.1) is 0 Å². The average Bonchev–Trinajstić information content (AvgIpc) is 2.33. The molecule has 2 fully saturated rings. The minimum Gasteiger partial charge on any atom is -0.311 e. The van der Waals surface area contributed by atoms with Gasteiger partial charge in [0.15, 0.2) is 0 Å². The molecule has 2 unspecified atom stereocenters. The van der Waals surface area contributed by atoms with Gasteiger partial charge >= 0.3 is 0 Å². The molecule has 0 aromatic rings. The first-order valence-corrected chi connectivity index (χ1v) is 3.50. The first kappa shape index (κ1) is 5.65. The Morgan fingerprint density at radius 1 is 1.33 bits per heavy atom. The molecule has 3 heteroatoms. The van der Waals surface area contributed by atoms with Crippen LogP contribution in [0.2, 0.25) is 0 Å². The predicted molar refractivity (Wildman–Crippen MR) is 35.6 cm³/mol. The summed E-state index contributed by atoms with van der Waals surface area (Å²) in [5.74, 6) is 0. The zero-order valence-corrected chi connectivity index (χ0v) is 5.35. The average molecular weight is 126 g/mol. The molecule has 2 saturated heterocycles. The normalized spacial score (nSPS) is 42.7. The van der Waals surface area contributed by atoms with Crippen LogP contribution < -0.4 is 16.0 Å². The standard InChI is InChI=1S/C6H12N3/c1-2-7-3-6-5(1)8-4-9-6/h3,5-9H,1-2,4H2. The maximum Gasteiger partial charge on any atom is 0.0460 e. The van der Waals surface area contributed by atoms with Crippen molar-refractivity contribution in [1.29, 1.82) is 0 Å². The lowest BCUT2D eigenvalue weighted by Crippen LogP contribution is -2.44.